The number of urea groups is 1. The molecule has 0 saturated carbocycles. The maximum Gasteiger partial charge on any atom is 1.00 e. The molecule has 1 unspecified atom stereocenters. The number of hydrogen-bond acceptors (Lipinski definition) is 13. The van der Waals surface area contributed by atoms with E-state index in [2.05, 4.69) is 21.3 Å². The van der Waals surface area contributed by atoms with E-state index in [-0.39, 0.29) is 90.5 Å². The molecule has 0 radical (unpaired) electrons. The summed E-state index contributed by atoms with van der Waals surface area (Å²) in [4.78, 5) is 85.5. The number of carboxylic acids is 2. The first-order valence-corrected chi connectivity index (χ1v) is 16.9. The zero-order valence-electron chi connectivity index (χ0n) is 30.7. The first-order valence-electron chi connectivity index (χ1n) is 16.9. The molecule has 2 saturated heterocycles. The van der Waals surface area contributed by atoms with E-state index in [4.69, 9.17) is 9.47 Å². The molecule has 2 aromatic carbocycles. The fourth-order valence-corrected chi connectivity index (χ4v) is 6.03. The van der Waals surface area contributed by atoms with Crippen molar-refractivity contribution in [3.63, 3.8) is 0 Å². The SMILES string of the molecule is CC(=O)N[C@H]1[C@H]([C@H](O)[C@H](O)CNC(=O)c2ccc(-c3ccccc3)cc2)O[C@@](OCCCCCC(=O)[O-])(C(=O)[O-])C[C@@H]1NC(=O)CC1NC(=O)NC1=O.[Na+].[Na+]. The molecule has 7 N–H and O–H groups in total. The molecule has 0 spiro atoms. The van der Waals surface area contributed by atoms with E-state index in [9.17, 15) is 54.0 Å². The van der Waals surface area contributed by atoms with E-state index in [1.54, 1.807) is 24.3 Å². The van der Waals surface area contributed by atoms with Crippen molar-refractivity contribution in [3.8, 4) is 11.1 Å². The van der Waals surface area contributed by atoms with Crippen molar-refractivity contribution in [2.24, 2.45) is 0 Å². The summed E-state index contributed by atoms with van der Waals surface area (Å²) in [6.45, 7) is 0.216. The molecule has 2 aromatic rings. The van der Waals surface area contributed by atoms with Gasteiger partial charge in [0.05, 0.1) is 31.2 Å². The molecule has 2 heterocycles. The Bertz CT molecular complexity index is 1670. The van der Waals surface area contributed by atoms with E-state index < -0.39 is 103 Å². The number of benzene rings is 2. The summed E-state index contributed by atoms with van der Waals surface area (Å²) in [5, 5.41) is 57.6. The van der Waals surface area contributed by atoms with E-state index in [0.29, 0.717) is 6.42 Å². The van der Waals surface area contributed by atoms with Crippen LogP contribution in [-0.4, -0.2) is 107 Å². The molecular weight excluding hydrogens is 744 g/mol. The van der Waals surface area contributed by atoms with Gasteiger partial charge in [-0.2, -0.15) is 0 Å². The van der Waals surface area contributed by atoms with Gasteiger partial charge in [-0.15, -0.1) is 0 Å². The van der Waals surface area contributed by atoms with Gasteiger partial charge in [-0.3, -0.25) is 24.5 Å². The van der Waals surface area contributed by atoms with Crippen molar-refractivity contribution in [2.75, 3.05) is 13.2 Å². The average Bonchev–Trinajstić information content (AvgIpc) is 3.44. The number of aliphatic hydroxyl groups excluding tert-OH is 2. The topological polar surface area (TPSA) is 285 Å². The second-order valence-electron chi connectivity index (χ2n) is 12.7. The van der Waals surface area contributed by atoms with Crippen LogP contribution in [0.25, 0.3) is 11.1 Å². The number of hydrogen-bond donors (Lipinski definition) is 7. The number of carbonyl (C=O) groups is 7. The Kier molecular flexibility index (Phi) is 19.4. The summed E-state index contributed by atoms with van der Waals surface area (Å²) in [5.41, 5.74) is 2.01. The number of carboxylic acid groups (broad SMARTS) is 2. The van der Waals surface area contributed by atoms with Crippen LogP contribution in [0, 0.1) is 0 Å². The molecule has 286 valence electrons. The Balaban J connectivity index is 0.00000523. The third kappa shape index (κ3) is 13.6. The first kappa shape index (κ1) is 47.7. The second kappa shape index (κ2) is 22.3. The Labute approximate surface area is 360 Å². The quantitative estimate of drug-likeness (QED) is 0.0421. The number of nitrogens with one attached hydrogen (secondary N) is 5. The maximum atomic E-state index is 13.1. The van der Waals surface area contributed by atoms with E-state index in [1.807, 2.05) is 35.6 Å². The number of aliphatic carboxylic acids is 2. The molecule has 20 heteroatoms. The molecule has 55 heavy (non-hydrogen) atoms. The smallest absolute Gasteiger partial charge is 0.550 e. The molecule has 2 aliphatic rings. The second-order valence-corrected chi connectivity index (χ2v) is 12.7. The molecule has 18 nitrogen and oxygen atoms in total. The van der Waals surface area contributed by atoms with Crippen molar-refractivity contribution in [1.82, 2.24) is 26.6 Å². The molecule has 7 atom stereocenters. The molecule has 0 aliphatic carbocycles. The fraction of sp³-hybridized carbons (Fsp3) is 0.457. The van der Waals surface area contributed by atoms with E-state index in [0.717, 1.165) is 18.1 Å². The summed E-state index contributed by atoms with van der Waals surface area (Å²) in [5.74, 6) is -8.86. The van der Waals surface area contributed by atoms with Gasteiger partial charge in [-0.05, 0) is 42.5 Å². The molecule has 0 bridgehead atoms. The van der Waals surface area contributed by atoms with Gasteiger partial charge in [0.15, 0.2) is 0 Å². The van der Waals surface area contributed by atoms with Crippen LogP contribution in [0.2, 0.25) is 0 Å². The molecule has 2 fully saturated rings. The summed E-state index contributed by atoms with van der Waals surface area (Å²) >= 11 is 0. The summed E-state index contributed by atoms with van der Waals surface area (Å²) in [6.07, 6.45) is -6.57. The van der Waals surface area contributed by atoms with Crippen LogP contribution in [0.5, 0.6) is 0 Å². The Morgan fingerprint density at radius 2 is 1.60 bits per heavy atom. The molecule has 0 aromatic heterocycles. The first-order chi connectivity index (χ1) is 25.2. The largest absolute Gasteiger partial charge is 1.00 e. The van der Waals surface area contributed by atoms with Crippen molar-refractivity contribution in [1.29, 1.82) is 0 Å². The number of carbonyl (C=O) groups excluding carboxylic acids is 7. The van der Waals surface area contributed by atoms with Gasteiger partial charge in [-0.1, -0.05) is 48.9 Å². The van der Waals surface area contributed by atoms with Gasteiger partial charge in [0.2, 0.25) is 17.6 Å². The number of unbranched alkanes of at least 4 members (excludes halogenated alkanes) is 2. The summed E-state index contributed by atoms with van der Waals surface area (Å²) in [7, 11) is 0. The van der Waals surface area contributed by atoms with Crippen LogP contribution in [0.15, 0.2) is 54.6 Å². The number of aliphatic hydroxyl groups is 2. The van der Waals surface area contributed by atoms with Gasteiger partial charge in [0.25, 0.3) is 11.8 Å². The number of ether oxygens (including phenoxy) is 2. The van der Waals surface area contributed by atoms with Crippen LogP contribution in [0.1, 0.15) is 55.8 Å². The average molecular weight is 786 g/mol. The third-order valence-electron chi connectivity index (χ3n) is 8.70. The Morgan fingerprint density at radius 3 is 2.18 bits per heavy atom. The molecule has 6 amide bonds. The zero-order valence-corrected chi connectivity index (χ0v) is 34.7. The summed E-state index contributed by atoms with van der Waals surface area (Å²) in [6, 6.07) is 11.1. The van der Waals surface area contributed by atoms with Gasteiger partial charge >= 0.3 is 65.1 Å². The van der Waals surface area contributed by atoms with Crippen molar-refractivity contribution >= 4 is 41.6 Å². The van der Waals surface area contributed by atoms with Crippen molar-refractivity contribution in [3.05, 3.63) is 60.2 Å². The van der Waals surface area contributed by atoms with Gasteiger partial charge in [0, 0.05) is 31.4 Å². The van der Waals surface area contributed by atoms with Crippen LogP contribution in [-0.2, 0) is 33.4 Å². The molecule has 2 aliphatic heterocycles. The minimum atomic E-state index is -2.69. The predicted octanol–water partition coefficient (Wildman–Crippen LogP) is -9.04. The Morgan fingerprint density at radius 1 is 0.945 bits per heavy atom. The predicted molar refractivity (Wildman–Crippen MR) is 177 cm³/mol. The van der Waals surface area contributed by atoms with Crippen LogP contribution < -0.4 is 95.9 Å². The van der Waals surface area contributed by atoms with Crippen molar-refractivity contribution in [2.45, 2.75) is 87.7 Å². The van der Waals surface area contributed by atoms with E-state index >= 15 is 0 Å². The molecule has 4 rings (SSSR count). The van der Waals surface area contributed by atoms with Crippen LogP contribution in [0.4, 0.5) is 4.79 Å². The maximum absolute atomic E-state index is 13.1. The normalized spacial score (nSPS) is 22.7. The van der Waals surface area contributed by atoms with Gasteiger partial charge in [0.1, 0.15) is 24.2 Å². The fourth-order valence-electron chi connectivity index (χ4n) is 6.03. The van der Waals surface area contributed by atoms with Gasteiger partial charge < -0.3 is 60.8 Å². The summed E-state index contributed by atoms with van der Waals surface area (Å²) < 4.78 is 11.4. The minimum absolute atomic E-state index is 0. The Hall–Kier alpha value is -3.43. The number of imide groups is 1. The van der Waals surface area contributed by atoms with E-state index in [1.165, 1.54) is 0 Å². The number of rotatable bonds is 18. The van der Waals surface area contributed by atoms with Crippen LogP contribution in [0.3, 0.4) is 0 Å². The monoisotopic (exact) mass is 785 g/mol. The molecular formula is C35H41N5Na2O13. The number of amides is 6. The standard InChI is InChI=1S/C35H43N5O13.2Na/c1-19(41)37-28-24(38-26(43)16-23-32(48)40-34(51)39-23)17-35(33(49)50,52-15-7-3-6-10-27(44)45)53-30(28)29(46)25(42)18-36-31(47)22-13-11-21(12-14-22)20-8-4-2-5-9-20;;/h2,4-5,8-9,11-14,23-25,28-30,42,46H,3,6-7,10,15-18H2,1H3,(H,36,47)(H,37,41)(H,38,43)(H,44,45)(H,49,50)(H2,39,40,48,51);;/q;2*+1/p-2/t23?,24-,25+,28+,29+,30+,35+;;/m0../s1. The minimum Gasteiger partial charge on any atom is -0.550 e. The third-order valence-corrected chi connectivity index (χ3v) is 8.70. The van der Waals surface area contributed by atoms with Gasteiger partial charge in [-0.25, -0.2) is 4.79 Å². The zero-order chi connectivity index (χ0) is 38.7. The van der Waals surface area contributed by atoms with Crippen LogP contribution >= 0.6 is 0 Å². The van der Waals surface area contributed by atoms with Crippen molar-refractivity contribution < 1.29 is 123 Å².